The minimum atomic E-state index is -0.225. The van der Waals surface area contributed by atoms with Crippen LogP contribution in [0.4, 0.5) is 0 Å². The normalized spacial score (nSPS) is 23.8. The van der Waals surface area contributed by atoms with Crippen molar-refractivity contribution >= 4 is 0 Å². The van der Waals surface area contributed by atoms with Crippen LogP contribution in [-0.2, 0) is 6.54 Å². The summed E-state index contributed by atoms with van der Waals surface area (Å²) in [5.41, 5.74) is 0. The van der Waals surface area contributed by atoms with Crippen LogP contribution in [0.15, 0.2) is 10.6 Å². The quantitative estimate of drug-likeness (QED) is 0.846. The molecule has 1 N–H and O–H groups in total. The number of likely N-dealkylation sites (tertiary alicyclic amines) is 1. The molecule has 0 spiro atoms. The minimum absolute atomic E-state index is 0.225. The summed E-state index contributed by atoms with van der Waals surface area (Å²) in [5.74, 6) is 1.65. The molecule has 4 heteroatoms. The van der Waals surface area contributed by atoms with Gasteiger partial charge in [-0.2, -0.15) is 0 Å². The summed E-state index contributed by atoms with van der Waals surface area (Å²) in [6, 6.07) is 0.479. The van der Waals surface area contributed by atoms with Gasteiger partial charge in [0.25, 0.3) is 0 Å². The van der Waals surface area contributed by atoms with Crippen LogP contribution in [0.2, 0.25) is 0 Å². The summed E-state index contributed by atoms with van der Waals surface area (Å²) in [6.45, 7) is 5.61. The summed E-state index contributed by atoms with van der Waals surface area (Å²) in [7, 11) is 0. The van der Waals surface area contributed by atoms with Crippen LogP contribution in [0.5, 0.6) is 0 Å². The predicted octanol–water partition coefficient (Wildman–Crippen LogP) is 1.72. The highest BCUT2D eigenvalue weighted by Gasteiger charge is 2.26. The van der Waals surface area contributed by atoms with Gasteiger partial charge in [0.15, 0.2) is 0 Å². The van der Waals surface area contributed by atoms with Crippen LogP contribution in [0.25, 0.3) is 0 Å². The molecule has 2 unspecified atom stereocenters. The van der Waals surface area contributed by atoms with Crippen molar-refractivity contribution in [3.63, 3.8) is 0 Å². The molecular weight excluding hydrogens is 204 g/mol. The number of oxazole rings is 1. The Hall–Kier alpha value is -0.870. The molecule has 1 fully saturated rings. The number of aliphatic hydroxyl groups is 1. The molecule has 2 atom stereocenters. The smallest absolute Gasteiger partial charge is 0.208 e. The highest BCUT2D eigenvalue weighted by molar-refractivity contribution is 4.92. The van der Waals surface area contributed by atoms with Crippen LogP contribution in [-0.4, -0.2) is 33.7 Å². The number of rotatable bonds is 4. The van der Waals surface area contributed by atoms with E-state index >= 15 is 0 Å². The first-order chi connectivity index (χ1) is 7.65. The van der Waals surface area contributed by atoms with Gasteiger partial charge in [0, 0.05) is 6.04 Å². The lowest BCUT2D eigenvalue weighted by Crippen LogP contribution is -2.31. The Morgan fingerprint density at radius 3 is 3.12 bits per heavy atom. The third-order valence-electron chi connectivity index (χ3n) is 3.12. The van der Waals surface area contributed by atoms with E-state index in [1.54, 1.807) is 6.20 Å². The Kier molecular flexibility index (Phi) is 3.61. The van der Waals surface area contributed by atoms with E-state index in [2.05, 4.69) is 9.88 Å². The van der Waals surface area contributed by atoms with Gasteiger partial charge < -0.3 is 9.52 Å². The molecule has 90 valence electrons. The third-order valence-corrected chi connectivity index (χ3v) is 3.12. The van der Waals surface area contributed by atoms with Crippen LogP contribution in [0, 0.1) is 6.92 Å². The van der Waals surface area contributed by atoms with Crippen molar-refractivity contribution in [1.29, 1.82) is 0 Å². The van der Waals surface area contributed by atoms with E-state index < -0.39 is 0 Å². The first kappa shape index (κ1) is 11.6. The van der Waals surface area contributed by atoms with Crippen molar-refractivity contribution < 1.29 is 9.52 Å². The first-order valence-electron chi connectivity index (χ1n) is 5.98. The maximum Gasteiger partial charge on any atom is 0.208 e. The molecule has 1 aromatic rings. The molecule has 0 aromatic carbocycles. The Morgan fingerprint density at radius 2 is 2.50 bits per heavy atom. The maximum absolute atomic E-state index is 9.44. The van der Waals surface area contributed by atoms with Crippen molar-refractivity contribution in [2.24, 2.45) is 0 Å². The zero-order valence-corrected chi connectivity index (χ0v) is 10.0. The molecule has 1 saturated heterocycles. The molecule has 0 aliphatic carbocycles. The topological polar surface area (TPSA) is 49.5 Å². The van der Waals surface area contributed by atoms with Crippen molar-refractivity contribution in [3.8, 4) is 0 Å². The molecule has 1 aliphatic rings. The second-order valence-electron chi connectivity index (χ2n) is 4.72. The van der Waals surface area contributed by atoms with E-state index in [9.17, 15) is 5.11 Å². The lowest BCUT2D eigenvalue weighted by Gasteiger charge is -2.23. The second-order valence-corrected chi connectivity index (χ2v) is 4.72. The van der Waals surface area contributed by atoms with Gasteiger partial charge in [-0.25, -0.2) is 4.98 Å². The maximum atomic E-state index is 9.44. The molecule has 1 aliphatic heterocycles. The standard InChI is InChI=1S/C12H20N2O2/c1-9(15)6-11-4-3-5-14(11)8-12-13-7-10(2)16-12/h7,9,11,15H,3-6,8H2,1-2H3. The molecule has 16 heavy (non-hydrogen) atoms. The van der Waals surface area contributed by atoms with Crippen LogP contribution >= 0.6 is 0 Å². The summed E-state index contributed by atoms with van der Waals surface area (Å²) < 4.78 is 5.48. The molecule has 0 radical (unpaired) electrons. The average molecular weight is 224 g/mol. The molecule has 1 aromatic heterocycles. The third kappa shape index (κ3) is 2.83. The fourth-order valence-corrected chi connectivity index (χ4v) is 2.41. The second kappa shape index (κ2) is 4.97. The lowest BCUT2D eigenvalue weighted by atomic mass is 10.1. The molecule has 0 amide bonds. The van der Waals surface area contributed by atoms with E-state index in [1.165, 1.54) is 12.8 Å². The first-order valence-corrected chi connectivity index (χ1v) is 5.98. The van der Waals surface area contributed by atoms with Gasteiger partial charge in [0.05, 0.1) is 18.8 Å². The van der Waals surface area contributed by atoms with Gasteiger partial charge in [-0.3, -0.25) is 4.90 Å². The van der Waals surface area contributed by atoms with E-state index in [0.717, 1.165) is 31.2 Å². The Bertz CT molecular complexity index is 336. The zero-order chi connectivity index (χ0) is 11.5. The number of aryl methyl sites for hydroxylation is 1. The Labute approximate surface area is 96.3 Å². The number of hydrogen-bond acceptors (Lipinski definition) is 4. The highest BCUT2D eigenvalue weighted by Crippen LogP contribution is 2.23. The molecule has 0 saturated carbocycles. The van der Waals surface area contributed by atoms with Crippen molar-refractivity contribution in [3.05, 3.63) is 17.8 Å². The van der Waals surface area contributed by atoms with Gasteiger partial charge >= 0.3 is 0 Å². The van der Waals surface area contributed by atoms with Gasteiger partial charge in [-0.15, -0.1) is 0 Å². The van der Waals surface area contributed by atoms with Gasteiger partial charge in [0.1, 0.15) is 5.76 Å². The summed E-state index contributed by atoms with van der Waals surface area (Å²) in [6.07, 6.45) is 4.76. The number of nitrogens with zero attached hydrogens (tertiary/aromatic N) is 2. The summed E-state index contributed by atoms with van der Waals surface area (Å²) >= 11 is 0. The molecule has 2 heterocycles. The Balaban J connectivity index is 1.93. The molecule has 2 rings (SSSR count). The van der Waals surface area contributed by atoms with E-state index in [1.807, 2.05) is 13.8 Å². The van der Waals surface area contributed by atoms with Crippen LogP contribution in [0.1, 0.15) is 37.8 Å². The Morgan fingerprint density at radius 1 is 1.69 bits per heavy atom. The monoisotopic (exact) mass is 224 g/mol. The van der Waals surface area contributed by atoms with E-state index in [4.69, 9.17) is 4.42 Å². The molecule has 4 nitrogen and oxygen atoms in total. The van der Waals surface area contributed by atoms with Gasteiger partial charge in [-0.1, -0.05) is 0 Å². The van der Waals surface area contributed by atoms with E-state index in [-0.39, 0.29) is 6.10 Å². The molecule has 0 bridgehead atoms. The summed E-state index contributed by atoms with van der Waals surface area (Å²) in [5, 5.41) is 9.44. The van der Waals surface area contributed by atoms with Crippen molar-refractivity contribution in [2.75, 3.05) is 6.54 Å². The van der Waals surface area contributed by atoms with Crippen LogP contribution < -0.4 is 0 Å². The van der Waals surface area contributed by atoms with Crippen LogP contribution in [0.3, 0.4) is 0 Å². The van der Waals surface area contributed by atoms with Crippen molar-refractivity contribution in [2.45, 2.75) is 51.8 Å². The number of aliphatic hydroxyl groups excluding tert-OH is 1. The van der Waals surface area contributed by atoms with Gasteiger partial charge in [0.2, 0.25) is 5.89 Å². The fraction of sp³-hybridized carbons (Fsp3) is 0.750. The fourth-order valence-electron chi connectivity index (χ4n) is 2.41. The molecular formula is C12H20N2O2. The SMILES string of the molecule is Cc1cnc(CN2CCCC2CC(C)O)o1. The average Bonchev–Trinajstić information content (AvgIpc) is 2.77. The number of hydrogen-bond donors (Lipinski definition) is 1. The minimum Gasteiger partial charge on any atom is -0.445 e. The van der Waals surface area contributed by atoms with Crippen molar-refractivity contribution in [1.82, 2.24) is 9.88 Å². The van der Waals surface area contributed by atoms with Gasteiger partial charge in [-0.05, 0) is 39.7 Å². The number of aromatic nitrogens is 1. The largest absolute Gasteiger partial charge is 0.445 e. The zero-order valence-electron chi connectivity index (χ0n) is 10.0. The van der Waals surface area contributed by atoms with E-state index in [0.29, 0.717) is 6.04 Å². The lowest BCUT2D eigenvalue weighted by molar-refractivity contribution is 0.125. The predicted molar refractivity (Wildman–Crippen MR) is 61.0 cm³/mol. The summed E-state index contributed by atoms with van der Waals surface area (Å²) in [4.78, 5) is 6.58. The highest BCUT2D eigenvalue weighted by atomic mass is 16.4.